The summed E-state index contributed by atoms with van der Waals surface area (Å²) in [6.45, 7) is 5.77. The van der Waals surface area contributed by atoms with E-state index in [9.17, 15) is 14.7 Å². The quantitative estimate of drug-likeness (QED) is 0.711. The normalized spacial score (nSPS) is 19.5. The molecule has 0 radical (unpaired) electrons. The van der Waals surface area contributed by atoms with Crippen LogP contribution in [0.1, 0.15) is 39.5 Å². The molecule has 1 aliphatic heterocycles. The Morgan fingerprint density at radius 1 is 1.28 bits per heavy atom. The van der Waals surface area contributed by atoms with Gasteiger partial charge in [-0.1, -0.05) is 0 Å². The fourth-order valence-corrected chi connectivity index (χ4v) is 2.00. The van der Waals surface area contributed by atoms with Crippen molar-refractivity contribution in [3.8, 4) is 0 Å². The summed E-state index contributed by atoms with van der Waals surface area (Å²) in [6.07, 6.45) is 1.79. The first-order chi connectivity index (χ1) is 8.43. The average molecular weight is 257 g/mol. The Kier molecular flexibility index (Phi) is 5.75. The summed E-state index contributed by atoms with van der Waals surface area (Å²) in [5.41, 5.74) is -0.593. The molecular formula is C13H23NO4. The summed E-state index contributed by atoms with van der Waals surface area (Å²) in [5, 5.41) is 9.79. The minimum atomic E-state index is -0.593. The van der Waals surface area contributed by atoms with E-state index in [1.165, 1.54) is 0 Å². The van der Waals surface area contributed by atoms with Crippen LogP contribution in [0.4, 0.5) is 0 Å². The zero-order valence-electron chi connectivity index (χ0n) is 11.3. The molecule has 18 heavy (non-hydrogen) atoms. The Labute approximate surface area is 108 Å². The van der Waals surface area contributed by atoms with Crippen molar-refractivity contribution in [3.63, 3.8) is 0 Å². The molecule has 0 aromatic carbocycles. The SMILES string of the molecule is CCOC(=O)CCC(=O)CN1CCC(C)(O)CC1. The minimum absolute atomic E-state index is 0.0598. The van der Waals surface area contributed by atoms with Gasteiger partial charge < -0.3 is 9.84 Å². The number of ketones is 1. The number of esters is 1. The summed E-state index contributed by atoms with van der Waals surface area (Å²) < 4.78 is 4.77. The number of hydrogen-bond donors (Lipinski definition) is 1. The number of likely N-dealkylation sites (tertiary alicyclic amines) is 1. The Morgan fingerprint density at radius 3 is 2.44 bits per heavy atom. The predicted molar refractivity (Wildman–Crippen MR) is 67.2 cm³/mol. The van der Waals surface area contributed by atoms with Gasteiger partial charge in [0.1, 0.15) is 5.78 Å². The van der Waals surface area contributed by atoms with Crippen LogP contribution < -0.4 is 0 Å². The molecule has 0 aliphatic carbocycles. The van der Waals surface area contributed by atoms with Crippen molar-refractivity contribution in [2.75, 3.05) is 26.2 Å². The lowest BCUT2D eigenvalue weighted by Crippen LogP contribution is -2.44. The Balaban J connectivity index is 2.19. The maximum absolute atomic E-state index is 11.7. The maximum atomic E-state index is 11.7. The van der Waals surface area contributed by atoms with Crippen molar-refractivity contribution in [1.82, 2.24) is 4.90 Å². The molecule has 1 N–H and O–H groups in total. The highest BCUT2D eigenvalue weighted by molar-refractivity contribution is 5.84. The summed E-state index contributed by atoms with van der Waals surface area (Å²) in [4.78, 5) is 24.8. The molecule has 0 spiro atoms. The van der Waals surface area contributed by atoms with E-state index in [0.29, 0.717) is 26.0 Å². The first-order valence-corrected chi connectivity index (χ1v) is 6.55. The second kappa shape index (κ2) is 6.85. The number of Topliss-reactive ketones (excluding diaryl/α,β-unsaturated/α-hetero) is 1. The zero-order chi connectivity index (χ0) is 13.6. The number of aliphatic hydroxyl groups is 1. The molecule has 1 aliphatic rings. The third-order valence-electron chi connectivity index (χ3n) is 3.25. The van der Waals surface area contributed by atoms with Crippen LogP contribution in [0, 0.1) is 0 Å². The smallest absolute Gasteiger partial charge is 0.306 e. The molecule has 0 saturated carbocycles. The van der Waals surface area contributed by atoms with Crippen molar-refractivity contribution in [2.45, 2.75) is 45.1 Å². The van der Waals surface area contributed by atoms with Crippen molar-refractivity contribution in [1.29, 1.82) is 0 Å². The van der Waals surface area contributed by atoms with E-state index in [2.05, 4.69) is 0 Å². The molecule has 5 heteroatoms. The highest BCUT2D eigenvalue weighted by Gasteiger charge is 2.27. The van der Waals surface area contributed by atoms with Gasteiger partial charge in [-0.2, -0.15) is 0 Å². The highest BCUT2D eigenvalue weighted by Crippen LogP contribution is 2.20. The summed E-state index contributed by atoms with van der Waals surface area (Å²) in [5.74, 6) is -0.253. The Bertz CT molecular complexity index is 291. The van der Waals surface area contributed by atoms with Crippen LogP contribution >= 0.6 is 0 Å². The van der Waals surface area contributed by atoms with Crippen molar-refractivity contribution in [3.05, 3.63) is 0 Å². The highest BCUT2D eigenvalue weighted by atomic mass is 16.5. The van der Waals surface area contributed by atoms with Crippen molar-refractivity contribution in [2.24, 2.45) is 0 Å². The minimum Gasteiger partial charge on any atom is -0.466 e. The molecule has 1 saturated heterocycles. The van der Waals surface area contributed by atoms with Gasteiger partial charge in [0.25, 0.3) is 0 Å². The lowest BCUT2D eigenvalue weighted by molar-refractivity contribution is -0.144. The van der Waals surface area contributed by atoms with Gasteiger partial charge in [0, 0.05) is 19.5 Å². The molecule has 0 bridgehead atoms. The van der Waals surface area contributed by atoms with Crippen LogP contribution in [0.5, 0.6) is 0 Å². The maximum Gasteiger partial charge on any atom is 0.306 e. The predicted octanol–water partition coefficient (Wildman–Crippen LogP) is 0.746. The van der Waals surface area contributed by atoms with Crippen LogP contribution in [0.15, 0.2) is 0 Å². The van der Waals surface area contributed by atoms with E-state index < -0.39 is 5.60 Å². The number of hydrogen-bond acceptors (Lipinski definition) is 5. The first-order valence-electron chi connectivity index (χ1n) is 6.55. The lowest BCUT2D eigenvalue weighted by atomic mass is 9.94. The van der Waals surface area contributed by atoms with E-state index in [-0.39, 0.29) is 24.6 Å². The monoisotopic (exact) mass is 257 g/mol. The average Bonchev–Trinajstić information content (AvgIpc) is 2.30. The lowest BCUT2D eigenvalue weighted by Gasteiger charge is -2.35. The number of carbonyl (C=O) groups excluding carboxylic acids is 2. The van der Waals surface area contributed by atoms with Gasteiger partial charge in [-0.05, 0) is 26.7 Å². The number of ether oxygens (including phenoxy) is 1. The molecule has 5 nitrogen and oxygen atoms in total. The summed E-state index contributed by atoms with van der Waals surface area (Å²) >= 11 is 0. The van der Waals surface area contributed by atoms with Crippen molar-refractivity contribution < 1.29 is 19.4 Å². The second-order valence-electron chi connectivity index (χ2n) is 5.12. The molecule has 1 fully saturated rings. The zero-order valence-corrected chi connectivity index (χ0v) is 11.3. The van der Waals surface area contributed by atoms with Gasteiger partial charge in [0.15, 0.2) is 0 Å². The van der Waals surface area contributed by atoms with E-state index in [1.54, 1.807) is 6.92 Å². The molecule has 0 amide bonds. The van der Waals surface area contributed by atoms with Crippen LogP contribution in [-0.2, 0) is 14.3 Å². The first kappa shape index (κ1) is 15.1. The Morgan fingerprint density at radius 2 is 1.89 bits per heavy atom. The summed E-state index contributed by atoms with van der Waals surface area (Å²) in [6, 6.07) is 0. The molecule has 104 valence electrons. The topological polar surface area (TPSA) is 66.8 Å². The van der Waals surface area contributed by atoms with Gasteiger partial charge in [-0.15, -0.1) is 0 Å². The number of nitrogens with zero attached hydrogens (tertiary/aromatic N) is 1. The molecule has 1 heterocycles. The molecule has 0 aromatic rings. The van der Waals surface area contributed by atoms with E-state index in [1.807, 2.05) is 11.8 Å². The van der Waals surface area contributed by atoms with Gasteiger partial charge in [-0.25, -0.2) is 0 Å². The number of carbonyl (C=O) groups is 2. The summed E-state index contributed by atoms with van der Waals surface area (Å²) in [7, 11) is 0. The molecule has 0 aromatic heterocycles. The second-order valence-corrected chi connectivity index (χ2v) is 5.12. The van der Waals surface area contributed by atoms with Crippen LogP contribution in [0.2, 0.25) is 0 Å². The third kappa shape index (κ3) is 5.60. The van der Waals surface area contributed by atoms with Gasteiger partial charge in [0.2, 0.25) is 0 Å². The number of piperidine rings is 1. The van der Waals surface area contributed by atoms with Crippen LogP contribution in [-0.4, -0.2) is 53.6 Å². The van der Waals surface area contributed by atoms with E-state index in [4.69, 9.17) is 4.74 Å². The van der Waals surface area contributed by atoms with Gasteiger partial charge >= 0.3 is 5.97 Å². The fourth-order valence-electron chi connectivity index (χ4n) is 2.00. The van der Waals surface area contributed by atoms with Crippen molar-refractivity contribution >= 4 is 11.8 Å². The van der Waals surface area contributed by atoms with Crippen LogP contribution in [0.25, 0.3) is 0 Å². The fraction of sp³-hybridized carbons (Fsp3) is 0.846. The van der Waals surface area contributed by atoms with E-state index in [0.717, 1.165) is 13.1 Å². The largest absolute Gasteiger partial charge is 0.466 e. The number of rotatable bonds is 6. The molecule has 1 rings (SSSR count). The van der Waals surface area contributed by atoms with Crippen LogP contribution in [0.3, 0.4) is 0 Å². The Hall–Kier alpha value is -0.940. The molecule has 0 atom stereocenters. The van der Waals surface area contributed by atoms with Gasteiger partial charge in [-0.3, -0.25) is 14.5 Å². The third-order valence-corrected chi connectivity index (χ3v) is 3.25. The standard InChI is InChI=1S/C13H23NO4/c1-3-18-12(16)5-4-11(15)10-14-8-6-13(2,17)7-9-14/h17H,3-10H2,1-2H3. The van der Waals surface area contributed by atoms with Gasteiger partial charge in [0.05, 0.1) is 25.2 Å². The molecular weight excluding hydrogens is 234 g/mol. The molecule has 0 unspecified atom stereocenters. The van der Waals surface area contributed by atoms with E-state index >= 15 is 0 Å².